The van der Waals surface area contributed by atoms with Crippen molar-refractivity contribution in [3.63, 3.8) is 0 Å². The lowest BCUT2D eigenvalue weighted by molar-refractivity contribution is -0.110. The van der Waals surface area contributed by atoms with Gasteiger partial charge in [0.15, 0.2) is 5.11 Å². The first kappa shape index (κ1) is 10.4. The number of carbonyl (C=O) groups excluding carboxylic acids is 1. The third-order valence-corrected chi connectivity index (χ3v) is 1.53. The van der Waals surface area contributed by atoms with Crippen LogP contribution in [0.3, 0.4) is 0 Å². The van der Waals surface area contributed by atoms with Crippen LogP contribution in [-0.2, 0) is 4.79 Å². The van der Waals surface area contributed by atoms with Crippen LogP contribution < -0.4 is 16.2 Å². The van der Waals surface area contributed by atoms with E-state index in [1.54, 1.807) is 12.1 Å². The summed E-state index contributed by atoms with van der Waals surface area (Å²) in [4.78, 5) is 9.89. The number of thiocarbonyl (C=S) groups is 1. The molecule has 0 aliphatic heterocycles. The molecule has 1 rings (SSSR count). The molecule has 3 N–H and O–H groups in total. The smallest absolute Gasteiger partial charge is 0.225 e. The molecule has 14 heavy (non-hydrogen) atoms. The Labute approximate surface area is 85.5 Å². The summed E-state index contributed by atoms with van der Waals surface area (Å²) >= 11 is 4.78. The van der Waals surface area contributed by atoms with E-state index >= 15 is 0 Å². The first-order chi connectivity index (χ1) is 6.72. The van der Waals surface area contributed by atoms with E-state index in [2.05, 4.69) is 16.2 Å². The standard InChI is InChI=1S/C8H8FN3OS/c9-6-2-1-3-7(4-6)11-8(14)12-10-5-13/h1-5H,(H,10,13)(H2,11,12,14). The molecule has 1 aromatic rings. The quantitative estimate of drug-likeness (QED) is 0.394. The van der Waals surface area contributed by atoms with Gasteiger partial charge in [-0.2, -0.15) is 0 Å². The van der Waals surface area contributed by atoms with E-state index in [9.17, 15) is 9.18 Å². The predicted molar refractivity (Wildman–Crippen MR) is 55.0 cm³/mol. The average molecular weight is 213 g/mol. The third kappa shape index (κ3) is 3.36. The molecule has 4 nitrogen and oxygen atoms in total. The molecule has 0 spiro atoms. The SMILES string of the molecule is O=CNNC(=S)Nc1cccc(F)c1. The van der Waals surface area contributed by atoms with Crippen LogP contribution in [-0.4, -0.2) is 11.5 Å². The zero-order chi connectivity index (χ0) is 10.4. The van der Waals surface area contributed by atoms with Gasteiger partial charge in [-0.3, -0.25) is 15.6 Å². The molecule has 0 saturated heterocycles. The van der Waals surface area contributed by atoms with E-state index in [-0.39, 0.29) is 10.9 Å². The molecular formula is C8H8FN3OS. The van der Waals surface area contributed by atoms with Gasteiger partial charge in [-0.25, -0.2) is 4.39 Å². The molecule has 74 valence electrons. The first-order valence-electron chi connectivity index (χ1n) is 3.74. The van der Waals surface area contributed by atoms with Gasteiger partial charge in [0.1, 0.15) is 5.82 Å². The second kappa shape index (κ2) is 5.13. The fourth-order valence-electron chi connectivity index (χ4n) is 0.824. The van der Waals surface area contributed by atoms with E-state index < -0.39 is 0 Å². The van der Waals surface area contributed by atoms with Crippen molar-refractivity contribution in [2.24, 2.45) is 0 Å². The molecule has 0 aliphatic rings. The Bertz CT molecular complexity index is 345. The van der Waals surface area contributed by atoms with Gasteiger partial charge >= 0.3 is 0 Å². The number of amides is 1. The van der Waals surface area contributed by atoms with Gasteiger partial charge in [0, 0.05) is 5.69 Å². The molecule has 0 aliphatic carbocycles. The summed E-state index contributed by atoms with van der Waals surface area (Å²) in [7, 11) is 0. The zero-order valence-corrected chi connectivity index (χ0v) is 7.90. The van der Waals surface area contributed by atoms with E-state index in [0.717, 1.165) is 0 Å². The highest BCUT2D eigenvalue weighted by Crippen LogP contribution is 2.08. The molecule has 1 aromatic carbocycles. The van der Waals surface area contributed by atoms with E-state index in [1.807, 2.05) is 0 Å². The number of anilines is 1. The van der Waals surface area contributed by atoms with Gasteiger partial charge in [-0.05, 0) is 30.4 Å². The largest absolute Gasteiger partial charge is 0.331 e. The highest BCUT2D eigenvalue weighted by atomic mass is 32.1. The number of rotatable bonds is 3. The van der Waals surface area contributed by atoms with Crippen molar-refractivity contribution < 1.29 is 9.18 Å². The minimum atomic E-state index is -0.360. The van der Waals surface area contributed by atoms with Crippen molar-refractivity contribution in [3.8, 4) is 0 Å². The molecule has 0 fully saturated rings. The Morgan fingerprint density at radius 3 is 2.93 bits per heavy atom. The van der Waals surface area contributed by atoms with Gasteiger partial charge in [0.05, 0.1) is 0 Å². The molecule has 0 aromatic heterocycles. The number of benzene rings is 1. The monoisotopic (exact) mass is 213 g/mol. The van der Waals surface area contributed by atoms with Crippen molar-refractivity contribution in [2.45, 2.75) is 0 Å². The molecule has 0 atom stereocenters. The molecule has 0 heterocycles. The van der Waals surface area contributed by atoms with Crippen LogP contribution in [0.25, 0.3) is 0 Å². The Balaban J connectivity index is 2.51. The van der Waals surface area contributed by atoms with Gasteiger partial charge in [-0.15, -0.1) is 0 Å². The molecule has 0 radical (unpaired) electrons. The van der Waals surface area contributed by atoms with E-state index in [1.165, 1.54) is 12.1 Å². The lowest BCUT2D eigenvalue weighted by Gasteiger charge is -2.08. The minimum Gasteiger partial charge on any atom is -0.331 e. The van der Waals surface area contributed by atoms with Gasteiger partial charge in [-0.1, -0.05) is 6.07 Å². The van der Waals surface area contributed by atoms with Crippen molar-refractivity contribution in [1.82, 2.24) is 10.9 Å². The topological polar surface area (TPSA) is 53.2 Å². The van der Waals surface area contributed by atoms with Crippen LogP contribution >= 0.6 is 12.2 Å². The van der Waals surface area contributed by atoms with Crippen LogP contribution in [0.2, 0.25) is 0 Å². The first-order valence-corrected chi connectivity index (χ1v) is 4.15. The maximum Gasteiger partial charge on any atom is 0.225 e. The Hall–Kier alpha value is -1.69. The zero-order valence-electron chi connectivity index (χ0n) is 7.08. The van der Waals surface area contributed by atoms with Crippen molar-refractivity contribution in [3.05, 3.63) is 30.1 Å². The molecule has 0 saturated carbocycles. The molecular weight excluding hydrogens is 205 g/mol. The van der Waals surface area contributed by atoms with Crippen LogP contribution in [0.15, 0.2) is 24.3 Å². The molecule has 0 unspecified atom stereocenters. The second-order valence-corrected chi connectivity index (χ2v) is 2.76. The Morgan fingerprint density at radius 1 is 1.50 bits per heavy atom. The highest BCUT2D eigenvalue weighted by Gasteiger charge is 1.96. The van der Waals surface area contributed by atoms with Crippen LogP contribution in [0.4, 0.5) is 10.1 Å². The lowest BCUT2D eigenvalue weighted by atomic mass is 10.3. The van der Waals surface area contributed by atoms with E-state index in [0.29, 0.717) is 12.1 Å². The summed E-state index contributed by atoms with van der Waals surface area (Å²) in [6, 6.07) is 5.81. The summed E-state index contributed by atoms with van der Waals surface area (Å²) in [5, 5.41) is 2.86. The molecule has 6 heteroatoms. The van der Waals surface area contributed by atoms with Gasteiger partial charge in [0.25, 0.3) is 0 Å². The summed E-state index contributed by atoms with van der Waals surface area (Å²) in [5.74, 6) is -0.360. The second-order valence-electron chi connectivity index (χ2n) is 2.35. The number of nitrogens with one attached hydrogen (secondary N) is 3. The fourth-order valence-corrected chi connectivity index (χ4v) is 1.00. The van der Waals surface area contributed by atoms with Crippen molar-refractivity contribution >= 4 is 29.4 Å². The average Bonchev–Trinajstić information content (AvgIpc) is 2.15. The Kier molecular flexibility index (Phi) is 3.81. The van der Waals surface area contributed by atoms with Crippen molar-refractivity contribution in [2.75, 3.05) is 5.32 Å². The summed E-state index contributed by atoms with van der Waals surface area (Å²) in [5.41, 5.74) is 5.04. The molecule has 0 bridgehead atoms. The van der Waals surface area contributed by atoms with Crippen LogP contribution in [0.1, 0.15) is 0 Å². The number of hydrogen-bond acceptors (Lipinski definition) is 2. The summed E-state index contributed by atoms with van der Waals surface area (Å²) in [6.45, 7) is 0. The fraction of sp³-hybridized carbons (Fsp3) is 0. The summed E-state index contributed by atoms with van der Waals surface area (Å²) in [6.07, 6.45) is 0.444. The van der Waals surface area contributed by atoms with Crippen LogP contribution in [0, 0.1) is 5.82 Å². The van der Waals surface area contributed by atoms with Gasteiger partial charge < -0.3 is 5.32 Å². The Morgan fingerprint density at radius 2 is 2.29 bits per heavy atom. The number of hydrogen-bond donors (Lipinski definition) is 3. The van der Waals surface area contributed by atoms with E-state index in [4.69, 9.17) is 12.2 Å². The predicted octanol–water partition coefficient (Wildman–Crippen LogP) is 0.773. The normalized spacial score (nSPS) is 8.93. The highest BCUT2D eigenvalue weighted by molar-refractivity contribution is 7.80. The number of halogens is 1. The third-order valence-electron chi connectivity index (χ3n) is 1.33. The maximum atomic E-state index is 12.7. The van der Waals surface area contributed by atoms with Gasteiger partial charge in [0.2, 0.25) is 6.41 Å². The van der Waals surface area contributed by atoms with Crippen LogP contribution in [0.5, 0.6) is 0 Å². The lowest BCUT2D eigenvalue weighted by Crippen LogP contribution is -2.39. The molecule has 1 amide bonds. The number of hydrazine groups is 1. The van der Waals surface area contributed by atoms with Crippen molar-refractivity contribution in [1.29, 1.82) is 0 Å². The number of carbonyl (C=O) groups is 1. The summed E-state index contributed by atoms with van der Waals surface area (Å²) < 4.78 is 12.7. The maximum absolute atomic E-state index is 12.7. The minimum absolute atomic E-state index is 0.183.